The minimum Gasteiger partial charge on any atom is -0.353 e. The van der Waals surface area contributed by atoms with Gasteiger partial charge in [-0.3, -0.25) is 4.79 Å². The number of carbonyl (C=O) groups excluding carboxylic acids is 2. The standard InChI is InChI=1S/C8H11N3O2/c1-2-3-4-9-7(12)6-5-10-8(13)11-6/h1,6H,3-5H2,(H,9,12)(H2,10,11,13). The van der Waals surface area contributed by atoms with Gasteiger partial charge in [-0.1, -0.05) is 0 Å². The van der Waals surface area contributed by atoms with E-state index in [1.807, 2.05) is 0 Å². The topological polar surface area (TPSA) is 70.2 Å². The zero-order valence-corrected chi connectivity index (χ0v) is 7.09. The molecule has 3 amide bonds. The molecule has 5 heteroatoms. The first-order valence-electron chi connectivity index (χ1n) is 3.99. The molecular weight excluding hydrogens is 170 g/mol. The third-order valence-electron chi connectivity index (χ3n) is 1.66. The maximum Gasteiger partial charge on any atom is 0.315 e. The van der Waals surface area contributed by atoms with Crippen LogP contribution in [0.5, 0.6) is 0 Å². The fraction of sp³-hybridized carbons (Fsp3) is 0.500. The van der Waals surface area contributed by atoms with Crippen molar-refractivity contribution >= 4 is 11.9 Å². The highest BCUT2D eigenvalue weighted by molar-refractivity contribution is 5.90. The number of hydrogen-bond donors (Lipinski definition) is 3. The fourth-order valence-corrected chi connectivity index (χ4v) is 0.994. The zero-order chi connectivity index (χ0) is 9.68. The van der Waals surface area contributed by atoms with Gasteiger partial charge in [0.2, 0.25) is 5.91 Å². The lowest BCUT2D eigenvalue weighted by molar-refractivity contribution is -0.122. The van der Waals surface area contributed by atoms with Crippen LogP contribution in [0.1, 0.15) is 6.42 Å². The van der Waals surface area contributed by atoms with Gasteiger partial charge in [0, 0.05) is 19.5 Å². The van der Waals surface area contributed by atoms with Crippen LogP contribution in [0.3, 0.4) is 0 Å². The van der Waals surface area contributed by atoms with Crippen molar-refractivity contribution in [1.29, 1.82) is 0 Å². The van der Waals surface area contributed by atoms with Crippen molar-refractivity contribution in [2.24, 2.45) is 0 Å². The lowest BCUT2D eigenvalue weighted by Crippen LogP contribution is -2.43. The van der Waals surface area contributed by atoms with E-state index in [1.54, 1.807) is 0 Å². The minimum absolute atomic E-state index is 0.200. The highest BCUT2D eigenvalue weighted by Gasteiger charge is 2.25. The van der Waals surface area contributed by atoms with Crippen molar-refractivity contribution in [3.63, 3.8) is 0 Å². The highest BCUT2D eigenvalue weighted by Crippen LogP contribution is 1.90. The van der Waals surface area contributed by atoms with Crippen molar-refractivity contribution < 1.29 is 9.59 Å². The summed E-state index contributed by atoms with van der Waals surface area (Å²) in [6.45, 7) is 0.780. The molecule has 70 valence electrons. The number of rotatable bonds is 3. The zero-order valence-electron chi connectivity index (χ0n) is 7.09. The Kier molecular flexibility index (Phi) is 3.15. The van der Waals surface area contributed by atoms with Crippen LogP contribution in [-0.2, 0) is 4.79 Å². The molecule has 1 unspecified atom stereocenters. The lowest BCUT2D eigenvalue weighted by Gasteiger charge is -2.07. The number of carbonyl (C=O) groups is 2. The molecule has 1 fully saturated rings. The van der Waals surface area contributed by atoms with Crippen molar-refractivity contribution in [3.05, 3.63) is 0 Å². The van der Waals surface area contributed by atoms with Crippen LogP contribution in [0.2, 0.25) is 0 Å². The molecule has 3 N–H and O–H groups in total. The van der Waals surface area contributed by atoms with Crippen LogP contribution in [0, 0.1) is 12.3 Å². The van der Waals surface area contributed by atoms with Crippen molar-refractivity contribution in [2.75, 3.05) is 13.1 Å². The predicted octanol–water partition coefficient (Wildman–Crippen LogP) is -1.19. The Bertz CT molecular complexity index is 257. The summed E-state index contributed by atoms with van der Waals surface area (Å²) < 4.78 is 0. The summed E-state index contributed by atoms with van der Waals surface area (Å²) in [6.07, 6.45) is 5.51. The third kappa shape index (κ3) is 2.67. The van der Waals surface area contributed by atoms with Crippen LogP contribution >= 0.6 is 0 Å². The molecule has 1 rings (SSSR count). The highest BCUT2D eigenvalue weighted by atomic mass is 16.2. The van der Waals surface area contributed by atoms with Gasteiger partial charge in [0.1, 0.15) is 6.04 Å². The first-order valence-corrected chi connectivity index (χ1v) is 3.99. The first-order chi connectivity index (χ1) is 6.24. The summed E-state index contributed by atoms with van der Waals surface area (Å²) >= 11 is 0. The second kappa shape index (κ2) is 4.36. The van der Waals surface area contributed by atoms with Gasteiger partial charge in [0.15, 0.2) is 0 Å². The summed E-state index contributed by atoms with van der Waals surface area (Å²) in [4.78, 5) is 21.9. The quantitative estimate of drug-likeness (QED) is 0.378. The summed E-state index contributed by atoms with van der Waals surface area (Å²) in [5, 5.41) is 7.57. The Morgan fingerprint density at radius 3 is 3.08 bits per heavy atom. The number of nitrogens with one attached hydrogen (secondary N) is 3. The molecule has 0 aromatic heterocycles. The maximum atomic E-state index is 11.2. The monoisotopic (exact) mass is 181 g/mol. The van der Waals surface area contributed by atoms with E-state index in [2.05, 4.69) is 21.9 Å². The second-order valence-electron chi connectivity index (χ2n) is 2.65. The molecule has 0 spiro atoms. The predicted molar refractivity (Wildman–Crippen MR) is 46.8 cm³/mol. The van der Waals surface area contributed by atoms with Gasteiger partial charge in [-0.05, 0) is 0 Å². The van der Waals surface area contributed by atoms with E-state index in [0.29, 0.717) is 19.5 Å². The number of hydrogen-bond acceptors (Lipinski definition) is 2. The van der Waals surface area contributed by atoms with Crippen LogP contribution in [0.15, 0.2) is 0 Å². The lowest BCUT2D eigenvalue weighted by atomic mass is 10.3. The maximum absolute atomic E-state index is 11.2. The smallest absolute Gasteiger partial charge is 0.315 e. The summed E-state index contributed by atoms with van der Waals surface area (Å²) in [6, 6.07) is -0.776. The molecule has 0 aliphatic carbocycles. The molecule has 0 bridgehead atoms. The fourth-order valence-electron chi connectivity index (χ4n) is 0.994. The molecule has 1 aliphatic rings. The van der Waals surface area contributed by atoms with E-state index in [0.717, 1.165) is 0 Å². The molecule has 1 saturated heterocycles. The average Bonchev–Trinajstić information content (AvgIpc) is 2.52. The van der Waals surface area contributed by atoms with E-state index >= 15 is 0 Å². The Labute approximate surface area is 76.3 Å². The molecule has 1 atom stereocenters. The average molecular weight is 181 g/mol. The Balaban J connectivity index is 2.24. The third-order valence-corrected chi connectivity index (χ3v) is 1.66. The van der Waals surface area contributed by atoms with Gasteiger partial charge in [0.25, 0.3) is 0 Å². The Hall–Kier alpha value is -1.70. The van der Waals surface area contributed by atoms with E-state index in [9.17, 15) is 9.59 Å². The van der Waals surface area contributed by atoms with E-state index in [-0.39, 0.29) is 11.9 Å². The largest absolute Gasteiger partial charge is 0.353 e. The Morgan fingerprint density at radius 1 is 1.77 bits per heavy atom. The number of amides is 3. The van der Waals surface area contributed by atoms with Crippen molar-refractivity contribution in [3.8, 4) is 12.3 Å². The summed E-state index contributed by atoms with van der Waals surface area (Å²) in [5.41, 5.74) is 0. The van der Waals surface area contributed by atoms with Crippen LogP contribution in [-0.4, -0.2) is 31.1 Å². The minimum atomic E-state index is -0.467. The SMILES string of the molecule is C#CCCNC(=O)C1CNC(=O)N1. The van der Waals surface area contributed by atoms with Gasteiger partial charge in [-0.2, -0.15) is 0 Å². The number of terminal acetylenes is 1. The summed E-state index contributed by atoms with van der Waals surface area (Å²) in [5.74, 6) is 2.20. The van der Waals surface area contributed by atoms with Gasteiger partial charge >= 0.3 is 6.03 Å². The van der Waals surface area contributed by atoms with Crippen LogP contribution < -0.4 is 16.0 Å². The normalized spacial score (nSPS) is 19.9. The van der Waals surface area contributed by atoms with Crippen molar-refractivity contribution in [2.45, 2.75) is 12.5 Å². The molecule has 0 aromatic rings. The van der Waals surface area contributed by atoms with Crippen LogP contribution in [0.25, 0.3) is 0 Å². The molecule has 1 heterocycles. The molecule has 0 aromatic carbocycles. The van der Waals surface area contributed by atoms with E-state index in [1.165, 1.54) is 0 Å². The molecule has 0 saturated carbocycles. The van der Waals surface area contributed by atoms with E-state index < -0.39 is 6.04 Å². The van der Waals surface area contributed by atoms with Gasteiger partial charge in [0.05, 0.1) is 0 Å². The van der Waals surface area contributed by atoms with Gasteiger partial charge in [-0.15, -0.1) is 12.3 Å². The molecule has 1 aliphatic heterocycles. The molecular formula is C8H11N3O2. The Morgan fingerprint density at radius 2 is 2.54 bits per heavy atom. The summed E-state index contributed by atoms with van der Waals surface area (Å²) in [7, 11) is 0. The van der Waals surface area contributed by atoms with Gasteiger partial charge < -0.3 is 16.0 Å². The second-order valence-corrected chi connectivity index (χ2v) is 2.65. The van der Waals surface area contributed by atoms with Crippen LogP contribution in [0.4, 0.5) is 4.79 Å². The van der Waals surface area contributed by atoms with Gasteiger partial charge in [-0.25, -0.2) is 4.79 Å². The molecule has 13 heavy (non-hydrogen) atoms. The first kappa shape index (κ1) is 9.39. The number of urea groups is 1. The molecule has 5 nitrogen and oxygen atoms in total. The van der Waals surface area contributed by atoms with E-state index in [4.69, 9.17) is 6.42 Å². The van der Waals surface area contributed by atoms with Crippen molar-refractivity contribution in [1.82, 2.24) is 16.0 Å². The molecule has 0 radical (unpaired) electrons.